The molecule has 1 aromatic carbocycles. The zero-order valence-corrected chi connectivity index (χ0v) is 11.4. The van der Waals surface area contributed by atoms with E-state index in [4.69, 9.17) is 0 Å². The quantitative estimate of drug-likeness (QED) is 0.838. The Morgan fingerprint density at radius 2 is 1.95 bits per heavy atom. The predicted octanol–water partition coefficient (Wildman–Crippen LogP) is 1.82. The average molecular weight is 259 g/mol. The maximum absolute atomic E-state index is 11.7. The van der Waals surface area contributed by atoms with Crippen molar-refractivity contribution in [2.24, 2.45) is 5.10 Å². The normalized spacial score (nSPS) is 16.2. The Bertz CT molecular complexity index is 432. The minimum Gasteiger partial charge on any atom is -0.306 e. The summed E-state index contributed by atoms with van der Waals surface area (Å²) >= 11 is 0. The van der Waals surface area contributed by atoms with E-state index in [1.54, 1.807) is 0 Å². The van der Waals surface area contributed by atoms with Crippen molar-refractivity contribution < 1.29 is 4.79 Å². The van der Waals surface area contributed by atoms with Gasteiger partial charge in [0.15, 0.2) is 0 Å². The van der Waals surface area contributed by atoms with Crippen molar-refractivity contribution in [1.82, 2.24) is 10.3 Å². The number of hydrogen-bond acceptors (Lipinski definition) is 3. The van der Waals surface area contributed by atoms with Gasteiger partial charge in [0.2, 0.25) is 5.91 Å². The van der Waals surface area contributed by atoms with Crippen molar-refractivity contribution in [3.05, 3.63) is 35.9 Å². The summed E-state index contributed by atoms with van der Waals surface area (Å²) in [7, 11) is 2.11. The molecule has 0 saturated carbocycles. The van der Waals surface area contributed by atoms with Crippen LogP contribution in [0.25, 0.3) is 0 Å². The molecule has 0 aliphatic carbocycles. The summed E-state index contributed by atoms with van der Waals surface area (Å²) in [4.78, 5) is 14.0. The predicted molar refractivity (Wildman–Crippen MR) is 77.1 cm³/mol. The van der Waals surface area contributed by atoms with Gasteiger partial charge in [-0.25, -0.2) is 5.43 Å². The first kappa shape index (κ1) is 13.7. The van der Waals surface area contributed by atoms with Crippen LogP contribution in [-0.4, -0.2) is 36.7 Å². The maximum atomic E-state index is 11.7. The van der Waals surface area contributed by atoms with Gasteiger partial charge in [0.1, 0.15) is 0 Å². The van der Waals surface area contributed by atoms with Crippen LogP contribution in [0.2, 0.25) is 0 Å². The number of carbonyl (C=O) groups excluding carboxylic acids is 1. The molecule has 0 aromatic heterocycles. The SMILES string of the molecule is CN1CCC(=NNC(=O)CCc2ccccc2)CC1. The molecular formula is C15H21N3O. The summed E-state index contributed by atoms with van der Waals surface area (Å²) in [5.41, 5.74) is 4.96. The maximum Gasteiger partial charge on any atom is 0.240 e. The number of hydrazone groups is 1. The van der Waals surface area contributed by atoms with Crippen LogP contribution in [0, 0.1) is 0 Å². The van der Waals surface area contributed by atoms with Gasteiger partial charge >= 0.3 is 0 Å². The molecular weight excluding hydrogens is 238 g/mol. The topological polar surface area (TPSA) is 44.7 Å². The molecule has 0 radical (unpaired) electrons. The van der Waals surface area contributed by atoms with Crippen LogP contribution >= 0.6 is 0 Å². The third kappa shape index (κ3) is 4.83. The monoisotopic (exact) mass is 259 g/mol. The van der Waals surface area contributed by atoms with Crippen molar-refractivity contribution in [2.75, 3.05) is 20.1 Å². The molecule has 1 aliphatic heterocycles. The minimum absolute atomic E-state index is 0.00437. The first-order chi connectivity index (χ1) is 9.24. The third-order valence-electron chi connectivity index (χ3n) is 3.39. The van der Waals surface area contributed by atoms with E-state index < -0.39 is 0 Å². The van der Waals surface area contributed by atoms with E-state index in [0.717, 1.165) is 38.1 Å². The summed E-state index contributed by atoms with van der Waals surface area (Å²) in [6.45, 7) is 2.05. The number of likely N-dealkylation sites (tertiary alicyclic amines) is 1. The van der Waals surface area contributed by atoms with Crippen LogP contribution < -0.4 is 5.43 Å². The molecule has 1 saturated heterocycles. The summed E-state index contributed by atoms with van der Waals surface area (Å²) in [6, 6.07) is 10.0. The highest BCUT2D eigenvalue weighted by Gasteiger charge is 2.11. The minimum atomic E-state index is -0.00437. The average Bonchev–Trinajstić information content (AvgIpc) is 2.45. The molecule has 0 unspecified atom stereocenters. The zero-order chi connectivity index (χ0) is 13.5. The zero-order valence-electron chi connectivity index (χ0n) is 11.4. The molecule has 1 aliphatic rings. The Hall–Kier alpha value is -1.68. The van der Waals surface area contributed by atoms with Crippen molar-refractivity contribution >= 4 is 11.6 Å². The first-order valence-corrected chi connectivity index (χ1v) is 6.81. The van der Waals surface area contributed by atoms with E-state index in [2.05, 4.69) is 22.5 Å². The number of carbonyl (C=O) groups is 1. The van der Waals surface area contributed by atoms with Gasteiger partial charge in [0.05, 0.1) is 0 Å². The lowest BCUT2D eigenvalue weighted by Crippen LogP contribution is -2.32. The van der Waals surface area contributed by atoms with E-state index in [-0.39, 0.29) is 5.91 Å². The Kier molecular flexibility index (Phi) is 5.10. The number of benzene rings is 1. The highest BCUT2D eigenvalue weighted by atomic mass is 16.2. The Labute approximate surface area is 114 Å². The van der Waals surface area contributed by atoms with E-state index in [1.165, 1.54) is 5.56 Å². The molecule has 1 heterocycles. The summed E-state index contributed by atoms with van der Waals surface area (Å²) in [5.74, 6) is -0.00437. The van der Waals surface area contributed by atoms with E-state index in [9.17, 15) is 4.79 Å². The van der Waals surface area contributed by atoms with Gasteiger partial charge < -0.3 is 4.90 Å². The van der Waals surface area contributed by atoms with Gasteiger partial charge in [0, 0.05) is 38.1 Å². The molecule has 1 amide bonds. The van der Waals surface area contributed by atoms with Gasteiger partial charge in [0.25, 0.3) is 0 Å². The van der Waals surface area contributed by atoms with Crippen molar-refractivity contribution in [3.63, 3.8) is 0 Å². The van der Waals surface area contributed by atoms with Crippen LogP contribution in [0.4, 0.5) is 0 Å². The first-order valence-electron chi connectivity index (χ1n) is 6.81. The van der Waals surface area contributed by atoms with E-state index in [0.29, 0.717) is 6.42 Å². The second-order valence-corrected chi connectivity index (χ2v) is 5.00. The van der Waals surface area contributed by atoms with Crippen molar-refractivity contribution in [2.45, 2.75) is 25.7 Å². The van der Waals surface area contributed by atoms with Crippen LogP contribution in [0.5, 0.6) is 0 Å². The fraction of sp³-hybridized carbons (Fsp3) is 0.467. The number of nitrogens with zero attached hydrogens (tertiary/aromatic N) is 2. The highest BCUT2D eigenvalue weighted by molar-refractivity contribution is 5.87. The number of hydrogen-bond donors (Lipinski definition) is 1. The number of piperidine rings is 1. The summed E-state index contributed by atoms with van der Waals surface area (Å²) < 4.78 is 0. The van der Waals surface area contributed by atoms with Crippen molar-refractivity contribution in [1.29, 1.82) is 0 Å². The van der Waals surface area contributed by atoms with Gasteiger partial charge in [-0.1, -0.05) is 30.3 Å². The summed E-state index contributed by atoms with van der Waals surface area (Å²) in [6.07, 6.45) is 3.16. The lowest BCUT2D eigenvalue weighted by molar-refractivity contribution is -0.121. The lowest BCUT2D eigenvalue weighted by atomic mass is 10.1. The molecule has 0 spiro atoms. The molecule has 1 N–H and O–H groups in total. The fourth-order valence-electron chi connectivity index (χ4n) is 2.09. The third-order valence-corrected chi connectivity index (χ3v) is 3.39. The molecule has 2 rings (SSSR count). The number of amides is 1. The van der Waals surface area contributed by atoms with Gasteiger partial charge in [-0.3, -0.25) is 4.79 Å². The molecule has 0 atom stereocenters. The molecule has 102 valence electrons. The van der Waals surface area contributed by atoms with Gasteiger partial charge in [-0.2, -0.15) is 5.10 Å². The molecule has 1 fully saturated rings. The standard InChI is InChI=1S/C15H21N3O/c1-18-11-9-14(10-12-18)16-17-15(19)8-7-13-5-3-2-4-6-13/h2-6H,7-12H2,1H3,(H,17,19). The van der Waals surface area contributed by atoms with Crippen LogP contribution in [0.1, 0.15) is 24.8 Å². The molecule has 19 heavy (non-hydrogen) atoms. The lowest BCUT2D eigenvalue weighted by Gasteiger charge is -2.22. The van der Waals surface area contributed by atoms with Crippen LogP contribution in [-0.2, 0) is 11.2 Å². The smallest absolute Gasteiger partial charge is 0.240 e. The highest BCUT2D eigenvalue weighted by Crippen LogP contribution is 2.05. The number of nitrogens with one attached hydrogen (secondary N) is 1. The second-order valence-electron chi connectivity index (χ2n) is 5.00. The Morgan fingerprint density at radius 1 is 1.26 bits per heavy atom. The van der Waals surface area contributed by atoms with Gasteiger partial charge in [-0.15, -0.1) is 0 Å². The second kappa shape index (κ2) is 7.04. The molecule has 1 aromatic rings. The molecule has 0 bridgehead atoms. The molecule has 4 nitrogen and oxygen atoms in total. The van der Waals surface area contributed by atoms with Crippen molar-refractivity contribution in [3.8, 4) is 0 Å². The fourth-order valence-corrected chi connectivity index (χ4v) is 2.09. The largest absolute Gasteiger partial charge is 0.306 e. The van der Waals surface area contributed by atoms with Gasteiger partial charge in [-0.05, 0) is 19.0 Å². The van der Waals surface area contributed by atoms with Crippen LogP contribution in [0.15, 0.2) is 35.4 Å². The van der Waals surface area contributed by atoms with Crippen LogP contribution in [0.3, 0.4) is 0 Å². The molecule has 4 heteroatoms. The van der Waals surface area contributed by atoms with E-state index >= 15 is 0 Å². The Balaban J connectivity index is 1.71. The Morgan fingerprint density at radius 3 is 2.63 bits per heavy atom. The van der Waals surface area contributed by atoms with E-state index in [1.807, 2.05) is 30.3 Å². The number of aryl methyl sites for hydroxylation is 1. The summed E-state index contributed by atoms with van der Waals surface area (Å²) in [5, 5.41) is 4.22. The number of rotatable bonds is 4.